The van der Waals surface area contributed by atoms with E-state index < -0.39 is 0 Å². The summed E-state index contributed by atoms with van der Waals surface area (Å²) in [5.74, 6) is 3.77. The lowest BCUT2D eigenvalue weighted by Gasteiger charge is -2.43. The SMILES string of the molecule is CCc1nc2c(n1C1=CC=C(C3c4ccccc4C([C@H]4C=CC(c5ccccc5)CC4C)=C4C=CCCC43)CC1)C=CCC2. The van der Waals surface area contributed by atoms with E-state index in [0.29, 0.717) is 29.6 Å². The van der Waals surface area contributed by atoms with Crippen LogP contribution < -0.4 is 0 Å². The quantitative estimate of drug-likeness (QED) is 0.276. The van der Waals surface area contributed by atoms with Crippen LogP contribution in [0.1, 0.15) is 98.1 Å². The van der Waals surface area contributed by atoms with Crippen LogP contribution in [0.4, 0.5) is 0 Å². The smallest absolute Gasteiger partial charge is 0.113 e. The number of aryl methyl sites for hydroxylation is 2. The van der Waals surface area contributed by atoms with Crippen LogP contribution in [0.3, 0.4) is 0 Å². The lowest BCUT2D eigenvalue weighted by Crippen LogP contribution is -2.29. The molecule has 0 saturated carbocycles. The van der Waals surface area contributed by atoms with E-state index in [1.165, 1.54) is 53.3 Å². The van der Waals surface area contributed by atoms with Crippen molar-refractivity contribution in [2.24, 2.45) is 17.8 Å². The number of aromatic nitrogens is 2. The Bertz CT molecular complexity index is 1750. The third-order valence-corrected chi connectivity index (χ3v) is 11.0. The van der Waals surface area contributed by atoms with Gasteiger partial charge in [-0.1, -0.05) is 110 Å². The molecule has 0 amide bonds. The van der Waals surface area contributed by atoms with E-state index in [2.05, 4.69) is 122 Å². The molecule has 0 saturated heterocycles. The first-order valence-corrected chi connectivity index (χ1v) is 17.1. The number of nitrogens with zero attached hydrogens (tertiary/aromatic N) is 2. The van der Waals surface area contributed by atoms with Crippen molar-refractivity contribution < 1.29 is 0 Å². The molecule has 2 heteroatoms. The van der Waals surface area contributed by atoms with Crippen molar-refractivity contribution in [3.63, 3.8) is 0 Å². The molecular weight excluding hydrogens is 532 g/mol. The highest BCUT2D eigenvalue weighted by Crippen LogP contribution is 2.55. The van der Waals surface area contributed by atoms with Crippen molar-refractivity contribution in [1.29, 1.82) is 0 Å². The summed E-state index contributed by atoms with van der Waals surface area (Å²) in [6, 6.07) is 20.5. The van der Waals surface area contributed by atoms with Gasteiger partial charge >= 0.3 is 0 Å². The maximum Gasteiger partial charge on any atom is 0.113 e. The van der Waals surface area contributed by atoms with Gasteiger partial charge in [-0.05, 0) is 96.8 Å². The number of benzene rings is 2. The van der Waals surface area contributed by atoms with E-state index in [9.17, 15) is 0 Å². The number of hydrogen-bond acceptors (Lipinski definition) is 1. The zero-order valence-corrected chi connectivity index (χ0v) is 26.3. The van der Waals surface area contributed by atoms with Crippen molar-refractivity contribution in [3.05, 3.63) is 142 Å². The van der Waals surface area contributed by atoms with Gasteiger partial charge in [0, 0.05) is 29.9 Å². The maximum absolute atomic E-state index is 5.05. The Morgan fingerprint density at radius 1 is 0.864 bits per heavy atom. The van der Waals surface area contributed by atoms with Gasteiger partial charge in [0.2, 0.25) is 0 Å². The number of allylic oxidation sites excluding steroid dienone is 11. The van der Waals surface area contributed by atoms with E-state index in [-0.39, 0.29) is 0 Å². The van der Waals surface area contributed by atoms with Crippen LogP contribution in [0.15, 0.2) is 108 Å². The van der Waals surface area contributed by atoms with Crippen LogP contribution in [0, 0.1) is 17.8 Å². The van der Waals surface area contributed by atoms with Crippen LogP contribution in [-0.4, -0.2) is 9.55 Å². The number of hydrogen-bond donors (Lipinski definition) is 0. The molecule has 222 valence electrons. The average molecular weight is 577 g/mol. The lowest BCUT2D eigenvalue weighted by molar-refractivity contribution is 0.416. The molecule has 0 bridgehead atoms. The van der Waals surface area contributed by atoms with E-state index in [0.717, 1.165) is 32.1 Å². The lowest BCUT2D eigenvalue weighted by atomic mass is 9.61. The predicted octanol–water partition coefficient (Wildman–Crippen LogP) is 10.5. The second kappa shape index (κ2) is 11.5. The molecule has 1 heterocycles. The van der Waals surface area contributed by atoms with Crippen LogP contribution in [0.2, 0.25) is 0 Å². The molecule has 3 aromatic rings. The fourth-order valence-corrected chi connectivity index (χ4v) is 8.96. The first kappa shape index (κ1) is 27.6. The fourth-order valence-electron chi connectivity index (χ4n) is 8.96. The van der Waals surface area contributed by atoms with E-state index in [4.69, 9.17) is 4.98 Å². The van der Waals surface area contributed by atoms with Crippen LogP contribution >= 0.6 is 0 Å². The fraction of sp³-hybridized carbons (Fsp3) is 0.357. The molecule has 0 radical (unpaired) electrons. The van der Waals surface area contributed by atoms with Gasteiger partial charge in [0.25, 0.3) is 0 Å². The van der Waals surface area contributed by atoms with Gasteiger partial charge in [0.15, 0.2) is 0 Å². The minimum atomic E-state index is 0.454. The maximum atomic E-state index is 5.05. The zero-order valence-electron chi connectivity index (χ0n) is 26.3. The number of rotatable bonds is 5. The highest BCUT2D eigenvalue weighted by atomic mass is 15.1. The Morgan fingerprint density at radius 2 is 1.70 bits per heavy atom. The molecule has 5 aliphatic carbocycles. The van der Waals surface area contributed by atoms with Crippen molar-refractivity contribution >= 4 is 17.3 Å². The Balaban J connectivity index is 1.18. The van der Waals surface area contributed by atoms with Gasteiger partial charge in [-0.15, -0.1) is 0 Å². The average Bonchev–Trinajstić information content (AvgIpc) is 3.47. The summed E-state index contributed by atoms with van der Waals surface area (Å²) in [5, 5.41) is 0. The Labute approximate surface area is 263 Å². The summed E-state index contributed by atoms with van der Waals surface area (Å²) < 4.78 is 2.47. The minimum absolute atomic E-state index is 0.454. The first-order chi connectivity index (χ1) is 21.7. The molecule has 8 rings (SSSR count). The molecule has 2 aromatic carbocycles. The van der Waals surface area contributed by atoms with Gasteiger partial charge in [-0.2, -0.15) is 0 Å². The zero-order chi connectivity index (χ0) is 29.6. The highest BCUT2D eigenvalue weighted by molar-refractivity contribution is 5.80. The van der Waals surface area contributed by atoms with Crippen LogP contribution in [0.25, 0.3) is 17.3 Å². The molecule has 2 nitrogen and oxygen atoms in total. The molecule has 44 heavy (non-hydrogen) atoms. The summed E-state index contributed by atoms with van der Waals surface area (Å²) in [5.41, 5.74) is 13.3. The summed E-state index contributed by atoms with van der Waals surface area (Å²) in [6.07, 6.45) is 28.5. The molecule has 4 unspecified atom stereocenters. The summed E-state index contributed by atoms with van der Waals surface area (Å²) in [4.78, 5) is 5.05. The molecule has 0 fully saturated rings. The van der Waals surface area contributed by atoms with Crippen molar-refractivity contribution in [2.75, 3.05) is 0 Å². The standard InChI is InChI=1S/C42H44N2/c1-3-40-43-38-19-11-12-20-39(38)44(40)32-24-21-30(22-25-32)41-34-15-7-9-17-36(34)42(37-18-10-8-16-35(37)41)33-26-23-31(27-28(33)2)29-13-5-4-6-14-29/h4-7,9-10,12-15,17-18,20-21,23-24,26,28,31,33,35,41H,3,8,11,16,19,22,25,27H2,1-2H3/t28?,31?,33-,35?,41?/m0/s1. The molecular formula is C42H44N2. The summed E-state index contributed by atoms with van der Waals surface area (Å²) in [7, 11) is 0. The third kappa shape index (κ3) is 4.66. The van der Waals surface area contributed by atoms with E-state index in [1.807, 2.05) is 0 Å². The molecule has 5 aliphatic rings. The molecule has 0 aliphatic heterocycles. The largest absolute Gasteiger partial charge is 0.300 e. The highest BCUT2D eigenvalue weighted by Gasteiger charge is 2.40. The second-order valence-electron chi connectivity index (χ2n) is 13.6. The van der Waals surface area contributed by atoms with Crippen LogP contribution in [-0.2, 0) is 12.8 Å². The van der Waals surface area contributed by atoms with Crippen molar-refractivity contribution in [2.45, 2.75) is 77.0 Å². The molecule has 5 atom stereocenters. The topological polar surface area (TPSA) is 17.8 Å². The number of imidazole rings is 1. The van der Waals surface area contributed by atoms with Gasteiger partial charge in [0.1, 0.15) is 5.82 Å². The summed E-state index contributed by atoms with van der Waals surface area (Å²) in [6.45, 7) is 4.72. The van der Waals surface area contributed by atoms with Crippen molar-refractivity contribution in [3.8, 4) is 0 Å². The number of fused-ring (bicyclic) bond motifs is 3. The molecule has 1 aromatic heterocycles. The monoisotopic (exact) mass is 576 g/mol. The first-order valence-electron chi connectivity index (χ1n) is 17.1. The van der Waals surface area contributed by atoms with Gasteiger partial charge in [0.05, 0.1) is 11.4 Å². The minimum Gasteiger partial charge on any atom is -0.300 e. The summed E-state index contributed by atoms with van der Waals surface area (Å²) >= 11 is 0. The van der Waals surface area contributed by atoms with E-state index >= 15 is 0 Å². The van der Waals surface area contributed by atoms with Crippen molar-refractivity contribution in [1.82, 2.24) is 9.55 Å². The molecule has 0 N–H and O–H groups in total. The van der Waals surface area contributed by atoms with Gasteiger partial charge in [-0.25, -0.2) is 4.98 Å². The third-order valence-electron chi connectivity index (χ3n) is 11.0. The van der Waals surface area contributed by atoms with Gasteiger partial charge < -0.3 is 4.57 Å². The Kier molecular flexibility index (Phi) is 7.25. The predicted molar refractivity (Wildman–Crippen MR) is 184 cm³/mol. The van der Waals surface area contributed by atoms with Gasteiger partial charge in [-0.3, -0.25) is 0 Å². The normalized spacial score (nSPS) is 27.4. The van der Waals surface area contributed by atoms with Crippen LogP contribution in [0.5, 0.6) is 0 Å². The molecule has 0 spiro atoms. The Morgan fingerprint density at radius 3 is 2.52 bits per heavy atom. The second-order valence-corrected chi connectivity index (χ2v) is 13.6. The Hall–Kier alpha value is -3.91. The van der Waals surface area contributed by atoms with E-state index in [1.54, 1.807) is 22.3 Å².